The Morgan fingerprint density at radius 1 is 1.50 bits per heavy atom. The van der Waals surface area contributed by atoms with Crippen molar-refractivity contribution >= 4 is 6.29 Å². The van der Waals surface area contributed by atoms with Gasteiger partial charge in [-0.2, -0.15) is 0 Å². The Morgan fingerprint density at radius 2 is 2.25 bits per heavy atom. The summed E-state index contributed by atoms with van der Waals surface area (Å²) in [5.74, 6) is 0. The second-order valence-corrected chi connectivity index (χ2v) is 1.71. The van der Waals surface area contributed by atoms with Crippen molar-refractivity contribution in [2.24, 2.45) is 0 Å². The van der Waals surface area contributed by atoms with Crippen LogP contribution in [0.5, 0.6) is 0 Å². The molecule has 0 atom stereocenters. The van der Waals surface area contributed by atoms with Gasteiger partial charge in [-0.3, -0.25) is 4.79 Å². The molecule has 0 aliphatic rings. The van der Waals surface area contributed by atoms with Crippen LogP contribution in [-0.2, 0) is 4.79 Å². The van der Waals surface area contributed by atoms with Gasteiger partial charge in [-0.25, -0.2) is 0 Å². The van der Waals surface area contributed by atoms with Crippen molar-refractivity contribution in [3.8, 4) is 0 Å². The van der Waals surface area contributed by atoms with E-state index in [1.54, 1.807) is 6.08 Å². The van der Waals surface area contributed by atoms with Gasteiger partial charge in [0, 0.05) is 0 Å². The SMILES string of the molecule is CCCC/C=C\C=O. The van der Waals surface area contributed by atoms with Crippen LogP contribution in [0.25, 0.3) is 0 Å². The Kier molecular flexibility index (Phi) is 5.94. The molecule has 0 aromatic heterocycles. The minimum atomic E-state index is 0.815. The number of hydrogen-bond acceptors (Lipinski definition) is 1. The standard InChI is InChI=1S/C7H12O/c1-2-3-4-5-6-7-8/h5-7H,2-4H2,1H3/b6-5-. The van der Waals surface area contributed by atoms with Crippen LogP contribution in [0.3, 0.4) is 0 Å². The number of allylic oxidation sites excluding steroid dienone is 2. The fraction of sp³-hybridized carbons (Fsp3) is 0.571. The Bertz CT molecular complexity index is 74.5. The first-order valence-corrected chi connectivity index (χ1v) is 3.02. The number of carbonyl (C=O) groups is 1. The lowest BCUT2D eigenvalue weighted by Gasteiger charge is -1.83. The average Bonchev–Trinajstić information content (AvgIpc) is 1.81. The van der Waals surface area contributed by atoms with Crippen molar-refractivity contribution in [2.75, 3.05) is 0 Å². The molecule has 0 spiro atoms. The first-order chi connectivity index (χ1) is 3.91. The smallest absolute Gasteiger partial charge is 0.142 e. The highest BCUT2D eigenvalue weighted by atomic mass is 16.1. The highest BCUT2D eigenvalue weighted by Gasteiger charge is 1.74. The van der Waals surface area contributed by atoms with Gasteiger partial charge < -0.3 is 0 Å². The highest BCUT2D eigenvalue weighted by Crippen LogP contribution is 1.93. The molecule has 0 saturated carbocycles. The molecule has 0 amide bonds. The lowest BCUT2D eigenvalue weighted by Crippen LogP contribution is -1.66. The summed E-state index contributed by atoms with van der Waals surface area (Å²) in [6.07, 6.45) is 7.69. The summed E-state index contributed by atoms with van der Waals surface area (Å²) in [6, 6.07) is 0. The van der Waals surface area contributed by atoms with Crippen LogP contribution in [0.4, 0.5) is 0 Å². The normalized spacial score (nSPS) is 10.1. The van der Waals surface area contributed by atoms with Gasteiger partial charge in [-0.15, -0.1) is 0 Å². The molecule has 0 aliphatic carbocycles. The molecule has 0 unspecified atom stereocenters. The predicted octanol–water partition coefficient (Wildman–Crippen LogP) is 1.93. The Balaban J connectivity index is 2.91. The average molecular weight is 112 g/mol. The van der Waals surface area contributed by atoms with Gasteiger partial charge in [-0.1, -0.05) is 25.8 Å². The van der Waals surface area contributed by atoms with E-state index in [-0.39, 0.29) is 0 Å². The molecule has 46 valence electrons. The Morgan fingerprint density at radius 3 is 2.75 bits per heavy atom. The van der Waals surface area contributed by atoms with Crippen LogP contribution in [0.2, 0.25) is 0 Å². The molecule has 0 radical (unpaired) electrons. The van der Waals surface area contributed by atoms with Gasteiger partial charge in [-0.05, 0) is 12.5 Å². The lowest BCUT2D eigenvalue weighted by atomic mass is 10.2. The second-order valence-electron chi connectivity index (χ2n) is 1.71. The Labute approximate surface area is 50.4 Å². The topological polar surface area (TPSA) is 17.1 Å². The molecule has 0 saturated heterocycles. The molecule has 8 heavy (non-hydrogen) atoms. The van der Waals surface area contributed by atoms with Crippen molar-refractivity contribution < 1.29 is 4.79 Å². The van der Waals surface area contributed by atoms with Crippen molar-refractivity contribution in [3.63, 3.8) is 0 Å². The zero-order valence-electron chi connectivity index (χ0n) is 5.26. The first kappa shape index (κ1) is 7.41. The van der Waals surface area contributed by atoms with Gasteiger partial charge in [0.1, 0.15) is 6.29 Å². The van der Waals surface area contributed by atoms with Gasteiger partial charge in [0.15, 0.2) is 0 Å². The molecule has 1 nitrogen and oxygen atoms in total. The van der Waals surface area contributed by atoms with E-state index in [1.165, 1.54) is 12.8 Å². The summed E-state index contributed by atoms with van der Waals surface area (Å²) in [7, 11) is 0. The summed E-state index contributed by atoms with van der Waals surface area (Å²) < 4.78 is 0. The van der Waals surface area contributed by atoms with Crippen LogP contribution >= 0.6 is 0 Å². The monoisotopic (exact) mass is 112 g/mol. The molecule has 0 aromatic carbocycles. The summed E-state index contributed by atoms with van der Waals surface area (Å²) in [4.78, 5) is 9.68. The maximum Gasteiger partial charge on any atom is 0.142 e. The van der Waals surface area contributed by atoms with E-state index in [2.05, 4.69) is 6.92 Å². The van der Waals surface area contributed by atoms with Crippen LogP contribution in [0.1, 0.15) is 26.2 Å². The predicted molar refractivity (Wildman–Crippen MR) is 34.7 cm³/mol. The zero-order valence-corrected chi connectivity index (χ0v) is 5.26. The maximum absolute atomic E-state index is 9.68. The number of carbonyl (C=O) groups excluding carboxylic acids is 1. The van der Waals surface area contributed by atoms with E-state index < -0.39 is 0 Å². The largest absolute Gasteiger partial charge is 0.299 e. The van der Waals surface area contributed by atoms with Crippen LogP contribution in [-0.4, -0.2) is 6.29 Å². The molecular weight excluding hydrogens is 100 g/mol. The van der Waals surface area contributed by atoms with E-state index in [1.807, 2.05) is 6.08 Å². The van der Waals surface area contributed by atoms with Crippen molar-refractivity contribution in [1.29, 1.82) is 0 Å². The minimum Gasteiger partial charge on any atom is -0.299 e. The van der Waals surface area contributed by atoms with E-state index in [0.29, 0.717) is 0 Å². The molecule has 0 aliphatic heterocycles. The molecule has 0 bridgehead atoms. The third-order valence-electron chi connectivity index (χ3n) is 0.939. The van der Waals surface area contributed by atoms with Gasteiger partial charge in [0.25, 0.3) is 0 Å². The fourth-order valence-corrected chi connectivity index (χ4v) is 0.474. The molecular formula is C7H12O. The third-order valence-corrected chi connectivity index (χ3v) is 0.939. The van der Waals surface area contributed by atoms with Gasteiger partial charge >= 0.3 is 0 Å². The zero-order chi connectivity index (χ0) is 6.24. The summed E-state index contributed by atoms with van der Waals surface area (Å²) in [5, 5.41) is 0. The van der Waals surface area contributed by atoms with Gasteiger partial charge in [0.2, 0.25) is 0 Å². The van der Waals surface area contributed by atoms with Crippen LogP contribution in [0.15, 0.2) is 12.2 Å². The van der Waals surface area contributed by atoms with Crippen molar-refractivity contribution in [1.82, 2.24) is 0 Å². The Hall–Kier alpha value is -0.590. The summed E-state index contributed by atoms with van der Waals surface area (Å²) in [5.41, 5.74) is 0. The van der Waals surface area contributed by atoms with Crippen molar-refractivity contribution in [3.05, 3.63) is 12.2 Å². The van der Waals surface area contributed by atoms with Gasteiger partial charge in [0.05, 0.1) is 0 Å². The van der Waals surface area contributed by atoms with Crippen molar-refractivity contribution in [2.45, 2.75) is 26.2 Å². The molecule has 1 heteroatoms. The number of unbranched alkanes of at least 4 members (excludes halogenated alkanes) is 2. The quantitative estimate of drug-likeness (QED) is 0.308. The van der Waals surface area contributed by atoms with E-state index in [0.717, 1.165) is 12.7 Å². The molecule has 0 fully saturated rings. The number of aldehydes is 1. The lowest BCUT2D eigenvalue weighted by molar-refractivity contribution is -0.104. The van der Waals surface area contributed by atoms with E-state index >= 15 is 0 Å². The van der Waals surface area contributed by atoms with E-state index in [4.69, 9.17) is 0 Å². The molecule has 0 heterocycles. The summed E-state index contributed by atoms with van der Waals surface area (Å²) in [6.45, 7) is 2.13. The first-order valence-electron chi connectivity index (χ1n) is 3.02. The minimum absolute atomic E-state index is 0.815. The number of hydrogen-bond donors (Lipinski definition) is 0. The van der Waals surface area contributed by atoms with Crippen LogP contribution in [0, 0.1) is 0 Å². The molecule has 0 rings (SSSR count). The second kappa shape index (κ2) is 6.41. The summed E-state index contributed by atoms with van der Waals surface area (Å²) >= 11 is 0. The maximum atomic E-state index is 9.68. The van der Waals surface area contributed by atoms with E-state index in [9.17, 15) is 4.79 Å². The fourth-order valence-electron chi connectivity index (χ4n) is 0.474. The molecule has 0 aromatic rings. The highest BCUT2D eigenvalue weighted by molar-refractivity contribution is 5.64. The number of rotatable bonds is 4. The third kappa shape index (κ3) is 5.41. The molecule has 0 N–H and O–H groups in total. The van der Waals surface area contributed by atoms with Crippen LogP contribution < -0.4 is 0 Å².